The van der Waals surface area contributed by atoms with Gasteiger partial charge in [-0.1, -0.05) is 19.3 Å². The molecule has 0 radical (unpaired) electrons. The second kappa shape index (κ2) is 6.32. The fourth-order valence-electron chi connectivity index (χ4n) is 2.50. The zero-order chi connectivity index (χ0) is 13.0. The fraction of sp³-hybridized carbons (Fsp3) is 0.769. The summed E-state index contributed by atoms with van der Waals surface area (Å²) in [6.07, 6.45) is 6.36. The lowest BCUT2D eigenvalue weighted by molar-refractivity contribution is 0.413. The number of anilines is 1. The predicted molar refractivity (Wildman–Crippen MR) is 74.2 cm³/mol. The van der Waals surface area contributed by atoms with Crippen LogP contribution in [0, 0.1) is 13.8 Å². The van der Waals surface area contributed by atoms with E-state index in [1.54, 1.807) is 0 Å². The predicted octanol–water partition coefficient (Wildman–Crippen LogP) is 2.87. The summed E-state index contributed by atoms with van der Waals surface area (Å²) in [5, 5.41) is 8.42. The molecular formula is C13H21ClN4. The van der Waals surface area contributed by atoms with Crippen LogP contribution in [0.2, 0.25) is 0 Å². The monoisotopic (exact) mass is 268 g/mol. The van der Waals surface area contributed by atoms with Crippen molar-refractivity contribution < 1.29 is 0 Å². The summed E-state index contributed by atoms with van der Waals surface area (Å²) >= 11 is 5.92. The lowest BCUT2D eigenvalue weighted by Gasteiger charge is -2.33. The molecule has 5 heteroatoms. The van der Waals surface area contributed by atoms with Crippen LogP contribution >= 0.6 is 11.6 Å². The Morgan fingerprint density at radius 2 is 1.83 bits per heavy atom. The fourth-order valence-corrected chi connectivity index (χ4v) is 2.68. The first-order valence-electron chi connectivity index (χ1n) is 6.73. The second-order valence-corrected chi connectivity index (χ2v) is 5.33. The Kier molecular flexibility index (Phi) is 4.75. The van der Waals surface area contributed by atoms with Crippen LogP contribution in [0.3, 0.4) is 0 Å². The lowest BCUT2D eigenvalue weighted by atomic mass is 9.94. The molecule has 1 heterocycles. The van der Waals surface area contributed by atoms with Gasteiger partial charge in [-0.25, -0.2) is 4.98 Å². The molecule has 1 aromatic heterocycles. The van der Waals surface area contributed by atoms with Crippen molar-refractivity contribution in [2.24, 2.45) is 0 Å². The molecule has 1 aliphatic carbocycles. The summed E-state index contributed by atoms with van der Waals surface area (Å²) in [4.78, 5) is 6.80. The van der Waals surface area contributed by atoms with Crippen molar-refractivity contribution in [2.45, 2.75) is 52.0 Å². The van der Waals surface area contributed by atoms with Crippen molar-refractivity contribution >= 4 is 17.5 Å². The van der Waals surface area contributed by atoms with Gasteiger partial charge in [-0.3, -0.25) is 0 Å². The average Bonchev–Trinajstić information content (AvgIpc) is 2.40. The van der Waals surface area contributed by atoms with Crippen LogP contribution in [-0.2, 0) is 0 Å². The van der Waals surface area contributed by atoms with Gasteiger partial charge >= 0.3 is 0 Å². The molecule has 0 aromatic carbocycles. The molecule has 1 fully saturated rings. The highest BCUT2D eigenvalue weighted by Gasteiger charge is 2.23. The highest BCUT2D eigenvalue weighted by molar-refractivity contribution is 6.18. The number of hydrogen-bond donors (Lipinski definition) is 0. The third-order valence-corrected chi connectivity index (χ3v) is 3.85. The van der Waals surface area contributed by atoms with E-state index in [0.717, 1.165) is 23.9 Å². The van der Waals surface area contributed by atoms with Gasteiger partial charge in [0.2, 0.25) is 5.95 Å². The molecule has 4 nitrogen and oxygen atoms in total. The van der Waals surface area contributed by atoms with Gasteiger partial charge in [-0.05, 0) is 26.7 Å². The van der Waals surface area contributed by atoms with Gasteiger partial charge in [0.05, 0.1) is 11.4 Å². The maximum Gasteiger partial charge on any atom is 0.245 e. The van der Waals surface area contributed by atoms with Crippen LogP contribution in [0.5, 0.6) is 0 Å². The number of alkyl halides is 1. The van der Waals surface area contributed by atoms with Gasteiger partial charge in [0.1, 0.15) is 0 Å². The quantitative estimate of drug-likeness (QED) is 0.788. The minimum atomic E-state index is 0.529. The van der Waals surface area contributed by atoms with Crippen molar-refractivity contribution in [3.8, 4) is 0 Å². The summed E-state index contributed by atoms with van der Waals surface area (Å²) < 4.78 is 0. The molecular weight excluding hydrogens is 248 g/mol. The molecule has 0 spiro atoms. The molecule has 0 aliphatic heterocycles. The Morgan fingerprint density at radius 3 is 2.44 bits per heavy atom. The van der Waals surface area contributed by atoms with Crippen LogP contribution in [0.1, 0.15) is 43.5 Å². The second-order valence-electron chi connectivity index (χ2n) is 4.96. The number of aromatic nitrogens is 3. The molecule has 0 unspecified atom stereocenters. The van der Waals surface area contributed by atoms with E-state index in [-0.39, 0.29) is 0 Å². The van der Waals surface area contributed by atoms with E-state index < -0.39 is 0 Å². The molecule has 2 rings (SSSR count). The van der Waals surface area contributed by atoms with Gasteiger partial charge in [-0.2, -0.15) is 5.10 Å². The van der Waals surface area contributed by atoms with Crippen LogP contribution in [0.4, 0.5) is 5.95 Å². The van der Waals surface area contributed by atoms with Crippen molar-refractivity contribution in [3.63, 3.8) is 0 Å². The maximum absolute atomic E-state index is 5.92. The van der Waals surface area contributed by atoms with E-state index in [9.17, 15) is 0 Å². The van der Waals surface area contributed by atoms with Crippen molar-refractivity contribution in [3.05, 3.63) is 11.4 Å². The number of aryl methyl sites for hydroxylation is 2. The van der Waals surface area contributed by atoms with Crippen LogP contribution in [0.25, 0.3) is 0 Å². The van der Waals surface area contributed by atoms with E-state index in [2.05, 4.69) is 20.1 Å². The minimum Gasteiger partial charge on any atom is -0.335 e. The molecule has 1 aliphatic rings. The SMILES string of the molecule is Cc1nnc(N(CCCl)C2CCCCC2)nc1C. The first kappa shape index (κ1) is 13.5. The highest BCUT2D eigenvalue weighted by Crippen LogP contribution is 2.25. The zero-order valence-corrected chi connectivity index (χ0v) is 11.9. The third kappa shape index (κ3) is 3.10. The first-order chi connectivity index (χ1) is 8.72. The summed E-state index contributed by atoms with van der Waals surface area (Å²) in [7, 11) is 0. The Morgan fingerprint density at radius 1 is 1.11 bits per heavy atom. The van der Waals surface area contributed by atoms with E-state index in [1.165, 1.54) is 32.1 Å². The zero-order valence-electron chi connectivity index (χ0n) is 11.2. The number of halogens is 1. The molecule has 0 atom stereocenters. The normalized spacial score (nSPS) is 16.8. The van der Waals surface area contributed by atoms with E-state index in [0.29, 0.717) is 11.9 Å². The Balaban J connectivity index is 2.19. The van der Waals surface area contributed by atoms with Gasteiger partial charge in [0.15, 0.2) is 0 Å². The smallest absolute Gasteiger partial charge is 0.245 e. The summed E-state index contributed by atoms with van der Waals surface area (Å²) in [6.45, 7) is 4.72. The maximum atomic E-state index is 5.92. The minimum absolute atomic E-state index is 0.529. The van der Waals surface area contributed by atoms with Crippen LogP contribution < -0.4 is 4.90 Å². The summed E-state index contributed by atoms with van der Waals surface area (Å²) in [5.74, 6) is 1.35. The molecule has 0 bridgehead atoms. The van der Waals surface area contributed by atoms with Gasteiger partial charge in [0.25, 0.3) is 0 Å². The summed E-state index contributed by atoms with van der Waals surface area (Å²) in [5.41, 5.74) is 1.85. The first-order valence-corrected chi connectivity index (χ1v) is 7.26. The van der Waals surface area contributed by atoms with E-state index >= 15 is 0 Å². The Hall–Kier alpha value is -0.900. The van der Waals surface area contributed by atoms with Gasteiger partial charge in [0, 0.05) is 18.5 Å². The van der Waals surface area contributed by atoms with Crippen LogP contribution in [-0.4, -0.2) is 33.6 Å². The molecule has 0 saturated heterocycles. The standard InChI is InChI=1S/C13H21ClN4/c1-10-11(2)16-17-13(15-10)18(9-8-14)12-6-4-3-5-7-12/h12H,3-9H2,1-2H3. The van der Waals surface area contributed by atoms with E-state index in [1.807, 2.05) is 13.8 Å². The average molecular weight is 269 g/mol. The topological polar surface area (TPSA) is 41.9 Å². The third-order valence-electron chi connectivity index (χ3n) is 3.68. The van der Waals surface area contributed by atoms with Crippen molar-refractivity contribution in [1.82, 2.24) is 15.2 Å². The summed E-state index contributed by atoms with van der Waals surface area (Å²) in [6, 6.07) is 0.529. The van der Waals surface area contributed by atoms with E-state index in [4.69, 9.17) is 11.6 Å². The van der Waals surface area contributed by atoms with Crippen molar-refractivity contribution in [2.75, 3.05) is 17.3 Å². The molecule has 0 amide bonds. The Bertz CT molecular complexity index is 391. The largest absolute Gasteiger partial charge is 0.335 e. The lowest BCUT2D eigenvalue weighted by Crippen LogP contribution is -2.39. The van der Waals surface area contributed by atoms with Gasteiger partial charge < -0.3 is 4.90 Å². The molecule has 1 saturated carbocycles. The van der Waals surface area contributed by atoms with Crippen LogP contribution in [0.15, 0.2) is 0 Å². The Labute approximate surface area is 114 Å². The molecule has 100 valence electrons. The number of hydrogen-bond acceptors (Lipinski definition) is 4. The molecule has 18 heavy (non-hydrogen) atoms. The van der Waals surface area contributed by atoms with Gasteiger partial charge in [-0.15, -0.1) is 16.7 Å². The molecule has 1 aromatic rings. The number of nitrogens with zero attached hydrogens (tertiary/aromatic N) is 4. The molecule has 0 N–H and O–H groups in total. The van der Waals surface area contributed by atoms with Crippen molar-refractivity contribution in [1.29, 1.82) is 0 Å². The highest BCUT2D eigenvalue weighted by atomic mass is 35.5. The number of rotatable bonds is 4.